The molecule has 0 aliphatic carbocycles. The largest absolute Gasteiger partial charge is 0.478 e. The number of carboxylic acid groups (broad SMARTS) is 1. The van der Waals surface area contributed by atoms with Crippen molar-refractivity contribution < 1.29 is 9.90 Å². The Balaban J connectivity index is 3.70. The zero-order valence-electron chi connectivity index (χ0n) is 8.08. The van der Waals surface area contributed by atoms with E-state index in [4.69, 9.17) is 5.11 Å². The first kappa shape index (κ1) is 11.2. The van der Waals surface area contributed by atoms with E-state index in [2.05, 4.69) is 20.8 Å². The molecule has 0 saturated heterocycles. The fraction of sp³-hybridized carbons (Fsp3) is 0.700. The highest BCUT2D eigenvalue weighted by atomic mass is 16.4. The summed E-state index contributed by atoms with van der Waals surface area (Å²) >= 11 is 0. The summed E-state index contributed by atoms with van der Waals surface area (Å²) < 4.78 is 0. The molecular formula is C10H18O2. The highest BCUT2D eigenvalue weighted by Gasteiger charge is 2.07. The molecule has 0 aliphatic rings. The van der Waals surface area contributed by atoms with Crippen LogP contribution in [-0.2, 0) is 4.79 Å². The maximum Gasteiger partial charge on any atom is 0.327 e. The third-order valence-corrected chi connectivity index (χ3v) is 2.38. The maximum absolute atomic E-state index is 10.1. The van der Waals surface area contributed by atoms with E-state index in [1.807, 2.05) is 0 Å². The van der Waals surface area contributed by atoms with Crippen molar-refractivity contribution in [3.63, 3.8) is 0 Å². The smallest absolute Gasteiger partial charge is 0.327 e. The predicted octanol–water partition coefficient (Wildman–Crippen LogP) is 2.70. The van der Waals surface area contributed by atoms with E-state index >= 15 is 0 Å². The van der Waals surface area contributed by atoms with Crippen LogP contribution in [0.25, 0.3) is 0 Å². The first-order chi connectivity index (χ1) is 5.57. The molecule has 70 valence electrons. The number of carbonyl (C=O) groups is 1. The fourth-order valence-electron chi connectivity index (χ4n) is 1.02. The highest BCUT2D eigenvalue weighted by Crippen LogP contribution is 2.18. The second kappa shape index (κ2) is 5.81. The number of hydrogen-bond acceptors (Lipinski definition) is 1. The van der Waals surface area contributed by atoms with Crippen LogP contribution in [-0.4, -0.2) is 11.1 Å². The van der Waals surface area contributed by atoms with Crippen LogP contribution in [0.4, 0.5) is 0 Å². The Morgan fingerprint density at radius 2 is 2.00 bits per heavy atom. The quantitative estimate of drug-likeness (QED) is 0.644. The summed E-state index contributed by atoms with van der Waals surface area (Å²) in [4.78, 5) is 10.1. The van der Waals surface area contributed by atoms with E-state index in [1.54, 1.807) is 6.08 Å². The van der Waals surface area contributed by atoms with Gasteiger partial charge in [0.15, 0.2) is 0 Å². The lowest BCUT2D eigenvalue weighted by atomic mass is 9.91. The van der Waals surface area contributed by atoms with E-state index in [9.17, 15) is 4.79 Å². The Bertz CT molecular complexity index is 161. The Hall–Kier alpha value is -0.790. The molecule has 1 N–H and O–H groups in total. The summed E-state index contributed by atoms with van der Waals surface area (Å²) in [5, 5.41) is 8.34. The highest BCUT2D eigenvalue weighted by molar-refractivity contribution is 5.79. The van der Waals surface area contributed by atoms with E-state index in [-0.39, 0.29) is 0 Å². The molecular weight excluding hydrogens is 152 g/mol. The second-order valence-corrected chi connectivity index (χ2v) is 3.34. The van der Waals surface area contributed by atoms with Gasteiger partial charge in [0.05, 0.1) is 0 Å². The van der Waals surface area contributed by atoms with Gasteiger partial charge in [-0.3, -0.25) is 0 Å². The van der Waals surface area contributed by atoms with E-state index in [0.717, 1.165) is 12.8 Å². The van der Waals surface area contributed by atoms with Crippen LogP contribution < -0.4 is 0 Å². The van der Waals surface area contributed by atoms with Crippen molar-refractivity contribution >= 4 is 5.97 Å². The van der Waals surface area contributed by atoms with E-state index in [0.29, 0.717) is 11.8 Å². The number of rotatable bonds is 5. The topological polar surface area (TPSA) is 37.3 Å². The molecule has 0 bridgehead atoms. The summed E-state index contributed by atoms with van der Waals surface area (Å²) in [6, 6.07) is 0. The van der Waals surface area contributed by atoms with Gasteiger partial charge >= 0.3 is 5.97 Å². The van der Waals surface area contributed by atoms with Gasteiger partial charge in [0.2, 0.25) is 0 Å². The SMILES string of the molecule is CCC(C)C(C)CC=CC(=O)O. The molecule has 0 amide bonds. The average Bonchev–Trinajstić information content (AvgIpc) is 2.02. The van der Waals surface area contributed by atoms with Crippen LogP contribution in [0.5, 0.6) is 0 Å². The zero-order valence-corrected chi connectivity index (χ0v) is 8.08. The lowest BCUT2D eigenvalue weighted by Crippen LogP contribution is -2.05. The predicted molar refractivity (Wildman–Crippen MR) is 50.0 cm³/mol. The molecule has 0 radical (unpaired) electrons. The minimum Gasteiger partial charge on any atom is -0.478 e. The average molecular weight is 170 g/mol. The van der Waals surface area contributed by atoms with Crippen LogP contribution in [0.2, 0.25) is 0 Å². The van der Waals surface area contributed by atoms with Crippen molar-refractivity contribution in [2.24, 2.45) is 11.8 Å². The van der Waals surface area contributed by atoms with Gasteiger partial charge in [-0.25, -0.2) is 4.79 Å². The standard InChI is InChI=1S/C10H18O2/c1-4-8(2)9(3)6-5-7-10(11)12/h5,7-9H,4,6H2,1-3H3,(H,11,12). The first-order valence-electron chi connectivity index (χ1n) is 4.47. The molecule has 2 nitrogen and oxygen atoms in total. The van der Waals surface area contributed by atoms with Gasteiger partial charge in [-0.05, 0) is 18.3 Å². The molecule has 0 aromatic carbocycles. The van der Waals surface area contributed by atoms with E-state index < -0.39 is 5.97 Å². The number of allylic oxidation sites excluding steroid dienone is 1. The first-order valence-corrected chi connectivity index (χ1v) is 4.47. The van der Waals surface area contributed by atoms with Crippen molar-refractivity contribution in [3.05, 3.63) is 12.2 Å². The van der Waals surface area contributed by atoms with Crippen molar-refractivity contribution in [1.29, 1.82) is 0 Å². The normalized spacial score (nSPS) is 16.2. The van der Waals surface area contributed by atoms with Crippen LogP contribution in [0, 0.1) is 11.8 Å². The number of hydrogen-bond donors (Lipinski definition) is 1. The van der Waals surface area contributed by atoms with Crippen LogP contribution in [0.3, 0.4) is 0 Å². The molecule has 0 aromatic heterocycles. The lowest BCUT2D eigenvalue weighted by Gasteiger charge is -2.15. The third kappa shape index (κ3) is 4.94. The van der Waals surface area contributed by atoms with Gasteiger partial charge in [0, 0.05) is 6.08 Å². The lowest BCUT2D eigenvalue weighted by molar-refractivity contribution is -0.131. The molecule has 0 aromatic rings. The van der Waals surface area contributed by atoms with E-state index in [1.165, 1.54) is 6.08 Å². The van der Waals surface area contributed by atoms with Gasteiger partial charge in [-0.15, -0.1) is 0 Å². The molecule has 2 unspecified atom stereocenters. The number of carboxylic acids is 1. The minimum absolute atomic E-state index is 0.575. The van der Waals surface area contributed by atoms with Crippen molar-refractivity contribution in [1.82, 2.24) is 0 Å². The van der Waals surface area contributed by atoms with Gasteiger partial charge in [0.25, 0.3) is 0 Å². The van der Waals surface area contributed by atoms with Crippen molar-refractivity contribution in [3.8, 4) is 0 Å². The van der Waals surface area contributed by atoms with Gasteiger partial charge in [-0.1, -0.05) is 33.3 Å². The molecule has 0 spiro atoms. The molecule has 12 heavy (non-hydrogen) atoms. The van der Waals surface area contributed by atoms with Crippen LogP contribution >= 0.6 is 0 Å². The van der Waals surface area contributed by atoms with Crippen LogP contribution in [0.15, 0.2) is 12.2 Å². The molecule has 0 fully saturated rings. The Morgan fingerprint density at radius 3 is 2.42 bits per heavy atom. The fourth-order valence-corrected chi connectivity index (χ4v) is 1.02. The summed E-state index contributed by atoms with van der Waals surface area (Å²) in [6.07, 6.45) is 4.97. The number of aliphatic carboxylic acids is 1. The molecule has 2 heteroatoms. The monoisotopic (exact) mass is 170 g/mol. The minimum atomic E-state index is -0.855. The summed E-state index contributed by atoms with van der Waals surface area (Å²) in [5.74, 6) is 0.389. The Labute approximate surface area is 74.3 Å². The Kier molecular flexibility index (Phi) is 5.43. The maximum atomic E-state index is 10.1. The zero-order chi connectivity index (χ0) is 9.56. The molecule has 0 rings (SSSR count). The third-order valence-electron chi connectivity index (χ3n) is 2.38. The van der Waals surface area contributed by atoms with Crippen LogP contribution in [0.1, 0.15) is 33.6 Å². The summed E-state index contributed by atoms with van der Waals surface area (Å²) in [5.41, 5.74) is 0. The summed E-state index contributed by atoms with van der Waals surface area (Å²) in [7, 11) is 0. The van der Waals surface area contributed by atoms with Crippen molar-refractivity contribution in [2.45, 2.75) is 33.6 Å². The molecule has 0 saturated carbocycles. The molecule has 0 heterocycles. The van der Waals surface area contributed by atoms with Gasteiger partial charge < -0.3 is 5.11 Å². The Morgan fingerprint density at radius 1 is 1.42 bits per heavy atom. The van der Waals surface area contributed by atoms with Crippen molar-refractivity contribution in [2.75, 3.05) is 0 Å². The van der Waals surface area contributed by atoms with Gasteiger partial charge in [-0.2, -0.15) is 0 Å². The summed E-state index contributed by atoms with van der Waals surface area (Å²) in [6.45, 7) is 6.50. The second-order valence-electron chi connectivity index (χ2n) is 3.34. The molecule has 2 atom stereocenters. The molecule has 0 aliphatic heterocycles. The van der Waals surface area contributed by atoms with Gasteiger partial charge in [0.1, 0.15) is 0 Å².